The van der Waals surface area contributed by atoms with E-state index in [2.05, 4.69) is 46.3 Å². The van der Waals surface area contributed by atoms with Gasteiger partial charge in [0.25, 0.3) is 0 Å². The highest BCUT2D eigenvalue weighted by molar-refractivity contribution is 5.95. The smallest absolute Gasteiger partial charge is 0.329 e. The molecule has 288 valence electrons. The van der Waals surface area contributed by atoms with Crippen LogP contribution < -0.4 is 42.8 Å². The van der Waals surface area contributed by atoms with E-state index in [1.165, 1.54) is 13.0 Å². The van der Waals surface area contributed by atoms with Gasteiger partial charge in [-0.25, -0.2) is 4.79 Å². The monoisotopic (exact) mass is 733 g/mol. The molecule has 0 saturated heterocycles. The SMILES string of the molecule is C=CCOc1ccc(C[C@H](NC(C)=O)C(=O)N[C@H](CCCCN)C(=O)N[C@H](CCCNC(=C)N)C(=O)N[C@@H](CC=C)C(=O)OCc2ccccc2)cc1. The minimum atomic E-state index is -1.11. The van der Waals surface area contributed by atoms with Crippen molar-refractivity contribution in [1.29, 1.82) is 0 Å². The maximum absolute atomic E-state index is 13.9. The summed E-state index contributed by atoms with van der Waals surface area (Å²) in [6.07, 6.45) is 5.18. The molecule has 0 saturated carbocycles. The summed E-state index contributed by atoms with van der Waals surface area (Å²) >= 11 is 0. The molecular formula is C39H55N7O7. The zero-order chi connectivity index (χ0) is 39.0. The van der Waals surface area contributed by atoms with E-state index in [1.54, 1.807) is 30.3 Å². The van der Waals surface area contributed by atoms with Gasteiger partial charge in [-0.3, -0.25) is 19.2 Å². The fourth-order valence-electron chi connectivity index (χ4n) is 5.18. The summed E-state index contributed by atoms with van der Waals surface area (Å²) in [5.41, 5.74) is 12.9. The fraction of sp³-hybridized carbons (Fsp3) is 0.410. The molecule has 4 amide bonds. The van der Waals surface area contributed by atoms with Crippen molar-refractivity contribution in [2.75, 3.05) is 19.7 Å². The molecule has 0 aliphatic carbocycles. The standard InChI is InChI=1S/C39H55N7O7/c1-5-13-34(39(51)53-26-30-14-8-7-9-15-30)46-37(49)33(17-12-23-42-27(3)41)44-36(48)32(16-10-11-22-40)45-38(50)35(43-28(4)47)25-29-18-20-31(21-19-29)52-24-6-2/h5-9,14-15,18-21,32-35,42H,1-3,10-13,16-17,22-26,40-41H2,4H3,(H,43,47)(H,44,48)(H,45,50)(H,46,49)/t32-,33-,34+,35+/m1/s1. The lowest BCUT2D eigenvalue weighted by molar-refractivity contribution is -0.149. The van der Waals surface area contributed by atoms with Crippen LogP contribution in [0.4, 0.5) is 0 Å². The minimum absolute atomic E-state index is 0.0110. The molecule has 0 heterocycles. The topological polar surface area (TPSA) is 216 Å². The van der Waals surface area contributed by atoms with Crippen LogP contribution in [-0.2, 0) is 41.7 Å². The summed E-state index contributed by atoms with van der Waals surface area (Å²) in [5, 5.41) is 13.8. The van der Waals surface area contributed by atoms with Crippen molar-refractivity contribution in [3.8, 4) is 5.75 Å². The summed E-state index contributed by atoms with van der Waals surface area (Å²) in [6.45, 7) is 13.3. The van der Waals surface area contributed by atoms with E-state index in [9.17, 15) is 24.0 Å². The van der Waals surface area contributed by atoms with E-state index in [4.69, 9.17) is 20.9 Å². The molecule has 2 aromatic carbocycles. The predicted octanol–water partition coefficient (Wildman–Crippen LogP) is 2.00. The maximum atomic E-state index is 13.9. The molecule has 2 rings (SSSR count). The van der Waals surface area contributed by atoms with Crippen molar-refractivity contribution in [3.63, 3.8) is 0 Å². The number of hydrogen-bond donors (Lipinski definition) is 7. The van der Waals surface area contributed by atoms with Crippen molar-refractivity contribution in [1.82, 2.24) is 26.6 Å². The van der Waals surface area contributed by atoms with Crippen molar-refractivity contribution in [2.45, 2.75) is 82.6 Å². The molecular weight excluding hydrogens is 678 g/mol. The van der Waals surface area contributed by atoms with E-state index >= 15 is 0 Å². The first-order chi connectivity index (χ1) is 25.5. The molecule has 9 N–H and O–H groups in total. The summed E-state index contributed by atoms with van der Waals surface area (Å²) < 4.78 is 11.0. The Bertz CT molecular complexity index is 1500. The minimum Gasteiger partial charge on any atom is -0.490 e. The van der Waals surface area contributed by atoms with Crippen molar-refractivity contribution in [2.24, 2.45) is 11.5 Å². The third-order valence-corrected chi connectivity index (χ3v) is 7.89. The number of carbonyl (C=O) groups excluding carboxylic acids is 5. The Kier molecular flexibility index (Phi) is 20.2. The third kappa shape index (κ3) is 17.4. The lowest BCUT2D eigenvalue weighted by Crippen LogP contribution is -2.58. The van der Waals surface area contributed by atoms with Crippen LogP contribution in [0.1, 0.15) is 56.6 Å². The Hall–Kier alpha value is -5.63. The predicted molar refractivity (Wildman–Crippen MR) is 204 cm³/mol. The number of amides is 4. The van der Waals surface area contributed by atoms with E-state index in [0.29, 0.717) is 44.7 Å². The Morgan fingerprint density at radius 3 is 1.92 bits per heavy atom. The van der Waals surface area contributed by atoms with Gasteiger partial charge in [0.2, 0.25) is 23.6 Å². The van der Waals surface area contributed by atoms with Gasteiger partial charge in [0.1, 0.15) is 43.1 Å². The van der Waals surface area contributed by atoms with Gasteiger partial charge < -0.3 is 47.5 Å². The molecule has 14 nitrogen and oxygen atoms in total. The average molecular weight is 734 g/mol. The van der Waals surface area contributed by atoms with Gasteiger partial charge >= 0.3 is 5.97 Å². The number of rotatable bonds is 26. The molecule has 0 unspecified atom stereocenters. The van der Waals surface area contributed by atoms with E-state index in [1.807, 2.05) is 30.3 Å². The highest BCUT2D eigenvalue weighted by Crippen LogP contribution is 2.14. The van der Waals surface area contributed by atoms with Crippen LogP contribution in [0, 0.1) is 0 Å². The van der Waals surface area contributed by atoms with Crippen molar-refractivity contribution < 1.29 is 33.4 Å². The molecule has 0 aliphatic rings. The van der Waals surface area contributed by atoms with Crippen LogP contribution >= 0.6 is 0 Å². The van der Waals surface area contributed by atoms with Crippen LogP contribution in [0.25, 0.3) is 0 Å². The normalized spacial score (nSPS) is 12.8. The number of benzene rings is 2. The number of nitrogens with one attached hydrogen (secondary N) is 5. The summed E-state index contributed by atoms with van der Waals surface area (Å²) in [5.74, 6) is -2.06. The summed E-state index contributed by atoms with van der Waals surface area (Å²) in [4.78, 5) is 66.4. The van der Waals surface area contributed by atoms with E-state index < -0.39 is 53.8 Å². The molecule has 0 radical (unpaired) electrons. The van der Waals surface area contributed by atoms with Gasteiger partial charge in [0, 0.05) is 19.9 Å². The van der Waals surface area contributed by atoms with Crippen LogP contribution in [-0.4, -0.2) is 73.5 Å². The molecule has 0 aliphatic heterocycles. The van der Waals surface area contributed by atoms with Gasteiger partial charge in [-0.1, -0.05) is 67.8 Å². The molecule has 14 heteroatoms. The zero-order valence-electron chi connectivity index (χ0n) is 30.6. The second-order valence-corrected chi connectivity index (χ2v) is 12.4. The van der Waals surface area contributed by atoms with E-state index in [-0.39, 0.29) is 38.1 Å². The molecule has 0 bridgehead atoms. The van der Waals surface area contributed by atoms with Gasteiger partial charge in [-0.05, 0) is 68.3 Å². The first-order valence-corrected chi connectivity index (χ1v) is 17.7. The quantitative estimate of drug-likeness (QED) is 0.0424. The Labute approximate surface area is 312 Å². The molecule has 0 aromatic heterocycles. The van der Waals surface area contributed by atoms with Gasteiger partial charge in [0.05, 0.1) is 5.82 Å². The average Bonchev–Trinajstić information content (AvgIpc) is 3.13. The van der Waals surface area contributed by atoms with Crippen LogP contribution in [0.2, 0.25) is 0 Å². The number of unbranched alkanes of at least 4 members (excludes halogenated alkanes) is 1. The van der Waals surface area contributed by atoms with Crippen LogP contribution in [0.15, 0.2) is 92.3 Å². The number of carbonyl (C=O) groups is 5. The number of nitrogens with two attached hydrogens (primary N) is 2. The Morgan fingerprint density at radius 2 is 1.36 bits per heavy atom. The van der Waals surface area contributed by atoms with Gasteiger partial charge in [-0.2, -0.15) is 0 Å². The lowest BCUT2D eigenvalue weighted by Gasteiger charge is -2.26. The molecule has 0 spiro atoms. The van der Waals surface area contributed by atoms with Crippen molar-refractivity contribution >= 4 is 29.6 Å². The largest absolute Gasteiger partial charge is 0.490 e. The summed E-state index contributed by atoms with van der Waals surface area (Å²) in [6, 6.07) is 11.9. The van der Waals surface area contributed by atoms with Crippen LogP contribution in [0.5, 0.6) is 5.75 Å². The number of hydrogen-bond acceptors (Lipinski definition) is 10. The number of ether oxygens (including phenoxy) is 2. The second-order valence-electron chi connectivity index (χ2n) is 12.4. The molecule has 2 aromatic rings. The fourth-order valence-corrected chi connectivity index (χ4v) is 5.18. The second kappa shape index (κ2) is 24.5. The third-order valence-electron chi connectivity index (χ3n) is 7.89. The molecule has 4 atom stereocenters. The van der Waals surface area contributed by atoms with Gasteiger partial charge in [-0.15, -0.1) is 6.58 Å². The first kappa shape index (κ1) is 43.5. The van der Waals surface area contributed by atoms with Crippen LogP contribution in [0.3, 0.4) is 0 Å². The van der Waals surface area contributed by atoms with Crippen molar-refractivity contribution in [3.05, 3.63) is 103 Å². The lowest BCUT2D eigenvalue weighted by atomic mass is 10.0. The summed E-state index contributed by atoms with van der Waals surface area (Å²) in [7, 11) is 0. The van der Waals surface area contributed by atoms with E-state index in [0.717, 1.165) is 11.1 Å². The van der Waals surface area contributed by atoms with Gasteiger partial charge in [0.15, 0.2) is 0 Å². The highest BCUT2D eigenvalue weighted by atomic mass is 16.5. The molecule has 0 fully saturated rings. The zero-order valence-corrected chi connectivity index (χ0v) is 30.6. The molecule has 53 heavy (non-hydrogen) atoms. The Morgan fingerprint density at radius 1 is 0.755 bits per heavy atom. The number of esters is 1. The highest BCUT2D eigenvalue weighted by Gasteiger charge is 2.31. The maximum Gasteiger partial charge on any atom is 0.329 e. The Balaban J connectivity index is 2.25. The first-order valence-electron chi connectivity index (χ1n) is 17.7.